The Bertz CT molecular complexity index is 497. The Morgan fingerprint density at radius 1 is 1.53 bits per heavy atom. The Morgan fingerprint density at radius 2 is 2.18 bits per heavy atom. The van der Waals surface area contributed by atoms with E-state index in [0.717, 1.165) is 12.4 Å². The van der Waals surface area contributed by atoms with Gasteiger partial charge in [0.1, 0.15) is 0 Å². The molecule has 0 saturated heterocycles. The fraction of sp³-hybridized carbons (Fsp3) is 0.125. The first-order valence-corrected chi connectivity index (χ1v) is 4.90. The number of amides is 1. The van der Waals surface area contributed by atoms with Crippen LogP contribution < -0.4 is 5.32 Å². The lowest BCUT2D eigenvalue weighted by Crippen LogP contribution is -2.31. The van der Waals surface area contributed by atoms with Gasteiger partial charge in [-0.05, 0) is 17.2 Å². The number of nitrogens with zero attached hydrogens (tertiary/aromatic N) is 1. The van der Waals surface area contributed by atoms with Gasteiger partial charge in [-0.15, -0.1) is 0 Å². The van der Waals surface area contributed by atoms with Crippen LogP contribution in [0.25, 0.3) is 0 Å². The summed E-state index contributed by atoms with van der Waals surface area (Å²) in [7, 11) is 0. The number of carbonyl (C=O) groups excluding carboxylic acids is 1. The molecule has 0 radical (unpaired) electrons. The highest BCUT2D eigenvalue weighted by molar-refractivity contribution is 7.67. The third kappa shape index (κ3) is 3.36. The molecule has 1 heterocycles. The van der Waals surface area contributed by atoms with Crippen LogP contribution in [0.15, 0.2) is 18.5 Å². The van der Waals surface area contributed by atoms with E-state index in [9.17, 15) is 18.0 Å². The van der Waals surface area contributed by atoms with Crippen molar-refractivity contribution < 1.29 is 23.1 Å². The summed E-state index contributed by atoms with van der Waals surface area (Å²) in [6, 6.07) is 0.653. The molecule has 17 heavy (non-hydrogen) atoms. The molecular weight excluding hydrogens is 259 g/mol. The molecule has 3 N–H and O–H groups in total. The molecule has 0 bridgehead atoms. The Balaban J connectivity index is 3.14. The van der Waals surface area contributed by atoms with Gasteiger partial charge in [-0.25, -0.2) is 4.78 Å². The highest BCUT2D eigenvalue weighted by Crippen LogP contribution is 2.31. The van der Waals surface area contributed by atoms with Crippen LogP contribution in [-0.4, -0.2) is 21.2 Å². The lowest BCUT2D eigenvalue weighted by molar-refractivity contribution is -0.138. The number of alkyl halides is 3. The molecule has 0 aromatic carbocycles. The van der Waals surface area contributed by atoms with Crippen molar-refractivity contribution >= 4 is 22.2 Å². The van der Waals surface area contributed by atoms with E-state index in [0.29, 0.717) is 6.07 Å². The van der Waals surface area contributed by atoms with Crippen molar-refractivity contribution in [3.05, 3.63) is 29.6 Å². The van der Waals surface area contributed by atoms with Gasteiger partial charge in [0.25, 0.3) is 5.91 Å². The second kappa shape index (κ2) is 5.06. The van der Waals surface area contributed by atoms with Gasteiger partial charge < -0.3 is 5.11 Å². The molecule has 0 spiro atoms. The Morgan fingerprint density at radius 3 is 2.71 bits per heavy atom. The maximum Gasteiger partial charge on any atom is 0.417 e. The fourth-order valence-corrected chi connectivity index (χ4v) is 1.16. The first kappa shape index (κ1) is 13.3. The molecule has 1 amide bonds. The van der Waals surface area contributed by atoms with Gasteiger partial charge in [-0.3, -0.25) is 15.1 Å². The number of rotatable bonds is 1. The Labute approximate surface area is 96.8 Å². The van der Waals surface area contributed by atoms with Gasteiger partial charge in [-0.1, -0.05) is 0 Å². The van der Waals surface area contributed by atoms with Gasteiger partial charge in [0.05, 0.1) is 11.1 Å². The SMILES string of the molecule is N=S=C(O)NC(=O)c1cnccc1C(F)(F)F. The summed E-state index contributed by atoms with van der Waals surface area (Å²) >= 11 is 0.0497. The lowest BCUT2D eigenvalue weighted by atomic mass is 10.1. The minimum Gasteiger partial charge on any atom is -0.337 e. The van der Waals surface area contributed by atoms with E-state index in [1.54, 1.807) is 5.32 Å². The highest BCUT2D eigenvalue weighted by Gasteiger charge is 2.35. The van der Waals surface area contributed by atoms with Gasteiger partial charge in [0.15, 0.2) is 0 Å². The molecule has 0 saturated carbocycles. The molecule has 1 rings (SSSR count). The molecule has 1 aromatic heterocycles. The molecule has 1 aromatic rings. The normalized spacial score (nSPS) is 10.8. The molecular formula is C8H6F3N3O2S. The largest absolute Gasteiger partial charge is 0.417 e. The van der Waals surface area contributed by atoms with Gasteiger partial charge >= 0.3 is 6.18 Å². The van der Waals surface area contributed by atoms with E-state index in [-0.39, 0.29) is 11.1 Å². The molecule has 0 aliphatic rings. The second-order valence-electron chi connectivity index (χ2n) is 2.78. The maximum atomic E-state index is 12.5. The second-order valence-corrected chi connectivity index (χ2v) is 3.37. The predicted molar refractivity (Wildman–Crippen MR) is 54.4 cm³/mol. The summed E-state index contributed by atoms with van der Waals surface area (Å²) in [4.78, 5) is 14.8. The average Bonchev–Trinajstić information content (AvgIpc) is 2.27. The summed E-state index contributed by atoms with van der Waals surface area (Å²) < 4.78 is 44.1. The number of aromatic nitrogens is 1. The number of nitrogens with one attached hydrogen (secondary N) is 2. The minimum atomic E-state index is -4.70. The van der Waals surface area contributed by atoms with Crippen molar-refractivity contribution in [1.82, 2.24) is 10.3 Å². The zero-order valence-corrected chi connectivity index (χ0v) is 8.89. The molecule has 0 fully saturated rings. The first-order chi connectivity index (χ1) is 7.86. The molecule has 9 heteroatoms. The molecule has 5 nitrogen and oxygen atoms in total. The van der Waals surface area contributed by atoms with Crippen LogP contribution in [0.1, 0.15) is 15.9 Å². The van der Waals surface area contributed by atoms with Crippen molar-refractivity contribution in [1.29, 1.82) is 4.78 Å². The fourth-order valence-electron chi connectivity index (χ4n) is 1.01. The highest BCUT2D eigenvalue weighted by atomic mass is 32.1. The number of hydrogen-bond donors (Lipinski definition) is 3. The summed E-state index contributed by atoms with van der Waals surface area (Å²) in [5.41, 5.74) is -1.88. The monoisotopic (exact) mass is 265 g/mol. The van der Waals surface area contributed by atoms with E-state index in [1.165, 1.54) is 0 Å². The van der Waals surface area contributed by atoms with Crippen LogP contribution in [0.4, 0.5) is 13.2 Å². The topological polar surface area (TPSA) is 86.1 Å². The Hall–Kier alpha value is -1.74. The third-order valence-electron chi connectivity index (χ3n) is 1.69. The number of carbonyl (C=O) groups is 1. The average molecular weight is 265 g/mol. The number of aliphatic hydroxyl groups excluding tert-OH is 1. The van der Waals surface area contributed by atoms with Gasteiger partial charge in [0.2, 0.25) is 5.17 Å². The smallest absolute Gasteiger partial charge is 0.337 e. The van der Waals surface area contributed by atoms with Gasteiger partial charge in [-0.2, -0.15) is 13.2 Å². The summed E-state index contributed by atoms with van der Waals surface area (Å²) in [6.07, 6.45) is -3.05. The van der Waals surface area contributed by atoms with Crippen molar-refractivity contribution in [2.45, 2.75) is 6.18 Å². The Kier molecular flexibility index (Phi) is 3.97. The summed E-state index contributed by atoms with van der Waals surface area (Å²) in [5, 5.41) is 9.76. The summed E-state index contributed by atoms with van der Waals surface area (Å²) in [5.74, 6) is -1.18. The zero-order chi connectivity index (χ0) is 13.1. The van der Waals surface area contributed by atoms with Crippen LogP contribution in [0.3, 0.4) is 0 Å². The molecule has 0 atom stereocenters. The van der Waals surface area contributed by atoms with Crippen molar-refractivity contribution in [3.8, 4) is 0 Å². The van der Waals surface area contributed by atoms with Crippen LogP contribution in [-0.2, 0) is 17.3 Å². The number of pyridine rings is 1. The van der Waals surface area contributed by atoms with Crippen LogP contribution in [0.2, 0.25) is 0 Å². The van der Waals surface area contributed by atoms with E-state index in [2.05, 4.69) is 4.98 Å². The zero-order valence-electron chi connectivity index (χ0n) is 8.08. The first-order valence-electron chi connectivity index (χ1n) is 4.08. The number of hydrogen-bond acceptors (Lipinski definition) is 3. The van der Waals surface area contributed by atoms with E-state index in [1.807, 2.05) is 0 Å². The maximum absolute atomic E-state index is 12.5. The van der Waals surface area contributed by atoms with E-state index >= 15 is 0 Å². The number of aliphatic hydroxyl groups is 1. The molecule has 92 valence electrons. The lowest BCUT2D eigenvalue weighted by Gasteiger charge is -2.11. The van der Waals surface area contributed by atoms with Crippen LogP contribution >= 0.6 is 0 Å². The van der Waals surface area contributed by atoms with Crippen molar-refractivity contribution in [2.24, 2.45) is 0 Å². The van der Waals surface area contributed by atoms with Crippen molar-refractivity contribution in [2.75, 3.05) is 0 Å². The molecule has 0 unspecified atom stereocenters. The predicted octanol–water partition coefficient (Wildman–Crippen LogP) is 1.32. The minimum absolute atomic E-state index is 0.0497. The van der Waals surface area contributed by atoms with Crippen LogP contribution in [0.5, 0.6) is 0 Å². The molecule has 0 aliphatic heterocycles. The van der Waals surface area contributed by atoms with E-state index in [4.69, 9.17) is 9.89 Å². The van der Waals surface area contributed by atoms with Gasteiger partial charge in [0, 0.05) is 12.4 Å². The van der Waals surface area contributed by atoms with Crippen LogP contribution in [0, 0.1) is 4.78 Å². The standard InChI is InChI=1S/C8H6F3N3O2S/c9-8(10,11)5-1-2-13-3-4(5)6(15)14-7(16)17-12/h1-3,12,16H,(H,14,15). The van der Waals surface area contributed by atoms with E-state index < -0.39 is 28.4 Å². The molecule has 0 aliphatic carbocycles. The summed E-state index contributed by atoms with van der Waals surface area (Å²) in [6.45, 7) is 0. The number of halogens is 3. The van der Waals surface area contributed by atoms with Crippen molar-refractivity contribution in [3.63, 3.8) is 0 Å². The quantitative estimate of drug-likeness (QED) is 0.669. The third-order valence-corrected chi connectivity index (χ3v) is 1.98.